The van der Waals surface area contributed by atoms with Gasteiger partial charge in [-0.05, 0) is 106 Å². The maximum Gasteiger partial charge on any atom is 0.397 e. The molecule has 464 valence electrons. The number of azo groups is 4. The van der Waals surface area contributed by atoms with Gasteiger partial charge in [0.05, 0.1) is 39.2 Å². The van der Waals surface area contributed by atoms with Gasteiger partial charge in [-0.1, -0.05) is 18.2 Å². The number of nitrogens with zero attached hydrogens (tertiary/aromatic N) is 8. The Labute approximate surface area is 504 Å². The summed E-state index contributed by atoms with van der Waals surface area (Å²) in [6.45, 7) is -1.55. The Bertz CT molecular complexity index is 4200. The standard InChI is InChI=1S/C43H38N8O26S6.2Cu/c52-35-11-9-33(41(54)39(35)50-47-32-8-4-27(21-38(32)82(67,68)69)80(62,63)16-14-78-77-76-75-59)48-44-29-5-1-23(18-25(29)22-73-58)17-24-2-6-30(28(19-24)43(56)57)45-49-34-10-12-36(53)40(42(34)55)51-46-31-7-3-26(20-37(31)81(64,65)66)79(60,61)15-13-74-83(70,71)72;;/h1-12,18-21,52-55,58-59H,13-17,22H2,(H,56,57)(H,64,65,66)(H,67,68,69)(H,70,71,72);;. The van der Waals surface area contributed by atoms with Gasteiger partial charge in [-0.25, -0.2) is 36.0 Å². The van der Waals surface area contributed by atoms with Gasteiger partial charge in [-0.2, -0.15) is 30.4 Å². The zero-order valence-corrected chi connectivity index (χ0v) is 48.4. The van der Waals surface area contributed by atoms with Crippen LogP contribution in [-0.4, -0.2) is 122 Å². The molecule has 0 saturated heterocycles. The summed E-state index contributed by atoms with van der Waals surface area (Å²) in [5.74, 6) is -6.76. The minimum Gasteiger partial charge on any atom is -0.505 e. The normalized spacial score (nSPS) is 12.5. The van der Waals surface area contributed by atoms with Gasteiger partial charge in [0.25, 0.3) is 20.2 Å². The summed E-state index contributed by atoms with van der Waals surface area (Å²) in [5.41, 5.74) is -3.14. The van der Waals surface area contributed by atoms with Crippen LogP contribution in [0, 0.1) is 0 Å². The van der Waals surface area contributed by atoms with Crippen LogP contribution in [0.1, 0.15) is 27.0 Å². The number of hydrogen-bond donors (Lipinski definition) is 10. The van der Waals surface area contributed by atoms with Gasteiger partial charge >= 0.3 is 16.4 Å². The zero-order valence-electron chi connectivity index (χ0n) is 41.6. The fourth-order valence-corrected chi connectivity index (χ4v) is 11.8. The molecule has 0 spiro atoms. The molecule has 6 aromatic rings. The minimum absolute atomic E-state index is 0. The Morgan fingerprint density at radius 1 is 0.518 bits per heavy atom. The summed E-state index contributed by atoms with van der Waals surface area (Å²) in [5, 5.41) is 108. The van der Waals surface area contributed by atoms with E-state index in [-0.39, 0.29) is 68.9 Å². The van der Waals surface area contributed by atoms with Crippen molar-refractivity contribution < 1.29 is 154 Å². The van der Waals surface area contributed by atoms with E-state index in [2.05, 4.69) is 64.4 Å². The Balaban J connectivity index is 0.00000774. The van der Waals surface area contributed by atoms with E-state index in [1.54, 1.807) is 0 Å². The SMILES string of the molecule is O=C(O)c1cc(Cc2ccc(N=Nc3ccc(O)c(N=Nc4ccc(S(=O)(=O)CCSOOOO)cc4S(=O)(=O)O)c3O)c(COO)c2)ccc1N=Nc1ccc(O)c(N=Nc2ccc(S(=O)(=O)CCOS(=O)(=O)O)cc2S(=O)(=O)O)c1O.[Cu].[Cu]. The van der Waals surface area contributed by atoms with E-state index in [1.807, 2.05) is 0 Å². The third-order valence-corrected chi connectivity index (χ3v) is 17.0. The van der Waals surface area contributed by atoms with Gasteiger partial charge < -0.3 is 25.5 Å². The minimum atomic E-state index is -5.26. The van der Waals surface area contributed by atoms with Crippen LogP contribution in [-0.2, 0) is 121 Å². The maximum atomic E-state index is 12.8. The predicted molar refractivity (Wildman–Crippen MR) is 279 cm³/mol. The Kier molecular flexibility index (Phi) is 24.9. The molecule has 0 aliphatic heterocycles. The van der Waals surface area contributed by atoms with Crippen molar-refractivity contribution in [2.45, 2.75) is 32.6 Å². The van der Waals surface area contributed by atoms with E-state index >= 15 is 0 Å². The first-order valence-corrected chi connectivity index (χ1v) is 30.5. The van der Waals surface area contributed by atoms with Gasteiger partial charge in [-0.3, -0.25) is 18.9 Å². The summed E-state index contributed by atoms with van der Waals surface area (Å²) < 4.78 is 158. The van der Waals surface area contributed by atoms with Crippen molar-refractivity contribution in [3.63, 3.8) is 0 Å². The molecule has 0 fully saturated rings. The molecule has 0 amide bonds. The number of aromatic hydroxyl groups is 4. The molecular weight excluding hydrogens is 1360 g/mol. The number of phenolic OH excluding ortho intramolecular Hbond substituents is 4. The van der Waals surface area contributed by atoms with Crippen LogP contribution in [0.25, 0.3) is 0 Å². The van der Waals surface area contributed by atoms with E-state index in [0.29, 0.717) is 35.3 Å². The van der Waals surface area contributed by atoms with Crippen LogP contribution >= 0.6 is 12.0 Å². The average molecular weight is 1400 g/mol. The summed E-state index contributed by atoms with van der Waals surface area (Å²) >= 11 is 0.407. The molecule has 0 aliphatic rings. The smallest absolute Gasteiger partial charge is 0.397 e. The Morgan fingerprint density at radius 2 is 0.953 bits per heavy atom. The number of carboxylic acid groups (broad SMARTS) is 1. The zero-order chi connectivity index (χ0) is 61.1. The first kappa shape index (κ1) is 70.6. The fourth-order valence-electron chi connectivity index (χ4n) is 6.77. The number of benzene rings is 6. The third-order valence-electron chi connectivity index (χ3n) is 10.6. The largest absolute Gasteiger partial charge is 0.505 e. The molecule has 2 radical (unpaired) electrons. The molecule has 10 N–H and O–H groups in total. The molecule has 0 atom stereocenters. The Hall–Kier alpha value is -6.87. The fraction of sp³-hybridized carbons (Fsp3) is 0.140. The van der Waals surface area contributed by atoms with E-state index in [9.17, 15) is 86.8 Å². The maximum absolute atomic E-state index is 12.8. The van der Waals surface area contributed by atoms with Gasteiger partial charge in [0.15, 0.2) is 42.5 Å². The van der Waals surface area contributed by atoms with Gasteiger partial charge in [0, 0.05) is 57.5 Å². The second-order valence-corrected chi connectivity index (χ2v) is 25.0. The quantitative estimate of drug-likeness (QED) is 0.00440. The topological polar surface area (TPSA) is 535 Å². The first-order chi connectivity index (χ1) is 38.9. The van der Waals surface area contributed by atoms with E-state index < -0.39 is 158 Å². The predicted octanol–water partition coefficient (Wildman–Crippen LogP) is 8.31. The third kappa shape index (κ3) is 19.3. The summed E-state index contributed by atoms with van der Waals surface area (Å²) in [6.07, 6.45) is 0.0300. The van der Waals surface area contributed by atoms with Gasteiger partial charge in [0.1, 0.15) is 56.3 Å². The first-order valence-electron chi connectivity index (χ1n) is 22.0. The summed E-state index contributed by atoms with van der Waals surface area (Å²) in [4.78, 5) is 13.3. The molecule has 0 aliphatic carbocycles. The number of hydrogen-bond acceptors (Lipinski definition) is 31. The van der Waals surface area contributed by atoms with Crippen molar-refractivity contribution >= 4 is 114 Å². The molecule has 6 rings (SSSR count). The number of carbonyl (C=O) groups is 1. The van der Waals surface area contributed by atoms with Crippen LogP contribution in [0.3, 0.4) is 0 Å². The second kappa shape index (κ2) is 30.0. The van der Waals surface area contributed by atoms with Crippen molar-refractivity contribution in [1.29, 1.82) is 0 Å². The molecule has 42 heteroatoms. The van der Waals surface area contributed by atoms with E-state index in [0.717, 1.165) is 48.5 Å². The van der Waals surface area contributed by atoms with Crippen LogP contribution in [0.4, 0.5) is 45.5 Å². The number of aromatic carboxylic acids is 1. The molecule has 0 heterocycles. The molecule has 6 aromatic carbocycles. The van der Waals surface area contributed by atoms with Crippen LogP contribution in [0.2, 0.25) is 0 Å². The number of phenols is 4. The Morgan fingerprint density at radius 3 is 1.42 bits per heavy atom. The van der Waals surface area contributed by atoms with Crippen molar-refractivity contribution in [2.75, 3.05) is 23.9 Å². The van der Waals surface area contributed by atoms with Crippen molar-refractivity contribution in [3.8, 4) is 23.0 Å². The van der Waals surface area contributed by atoms with E-state index in [4.69, 9.17) is 9.81 Å². The summed E-state index contributed by atoms with van der Waals surface area (Å²) in [7, 11) is -24.2. The van der Waals surface area contributed by atoms with Crippen LogP contribution in [0.15, 0.2) is 158 Å². The molecule has 0 bridgehead atoms. The van der Waals surface area contributed by atoms with Crippen molar-refractivity contribution in [3.05, 3.63) is 119 Å². The van der Waals surface area contributed by atoms with E-state index in [1.165, 1.54) is 36.4 Å². The van der Waals surface area contributed by atoms with Crippen LogP contribution < -0.4 is 0 Å². The van der Waals surface area contributed by atoms with Crippen LogP contribution in [0.5, 0.6) is 23.0 Å². The molecule has 0 saturated carbocycles. The second-order valence-electron chi connectivity index (χ2n) is 16.1. The number of carboxylic acids is 1. The molecule has 0 aromatic heterocycles. The average Bonchev–Trinajstić information content (AvgIpc) is 3.09. The van der Waals surface area contributed by atoms with Gasteiger partial charge in [-0.15, -0.1) is 40.1 Å². The van der Waals surface area contributed by atoms with Gasteiger partial charge in [0.2, 0.25) is 0 Å². The molecule has 85 heavy (non-hydrogen) atoms. The number of rotatable bonds is 27. The van der Waals surface area contributed by atoms with Crippen molar-refractivity contribution in [1.82, 2.24) is 0 Å². The van der Waals surface area contributed by atoms with Crippen molar-refractivity contribution in [2.24, 2.45) is 40.9 Å². The number of sulfone groups is 2. The summed E-state index contributed by atoms with van der Waals surface area (Å²) in [6, 6.07) is 16.8. The molecule has 34 nitrogen and oxygen atoms in total. The molecular formula is C43H38Cu2N8O26S6. The monoisotopic (exact) mass is 1400 g/mol. The molecule has 0 unspecified atom stereocenters.